The Morgan fingerprint density at radius 3 is 2.43 bits per heavy atom. The number of halogens is 3. The first kappa shape index (κ1) is 30.4. The van der Waals surface area contributed by atoms with E-state index in [1.165, 1.54) is 6.42 Å². The molecule has 1 fully saturated rings. The molecule has 8 heteroatoms. The number of amides is 2. The van der Waals surface area contributed by atoms with Crippen LogP contribution in [-0.4, -0.2) is 35.4 Å². The third-order valence-electron chi connectivity index (χ3n) is 7.76. The van der Waals surface area contributed by atoms with Crippen LogP contribution in [0, 0.1) is 0 Å². The minimum atomic E-state index is -0.766. The maximum Gasteiger partial charge on any atom is 0.261 e. The number of carbonyl (C=O) groups is 2. The van der Waals surface area contributed by atoms with Gasteiger partial charge in [0.2, 0.25) is 5.91 Å². The quantitative estimate of drug-likeness (QED) is 0.185. The molecule has 1 N–H and O–H groups in total. The fourth-order valence-electron chi connectivity index (χ4n) is 5.48. The highest BCUT2D eigenvalue weighted by Gasteiger charge is 2.32. The van der Waals surface area contributed by atoms with Crippen LogP contribution in [-0.2, 0) is 22.6 Å². The van der Waals surface area contributed by atoms with E-state index in [0.717, 1.165) is 46.5 Å². The van der Waals surface area contributed by atoms with E-state index in [0.29, 0.717) is 27.8 Å². The summed E-state index contributed by atoms with van der Waals surface area (Å²) in [6, 6.07) is 26.0. The van der Waals surface area contributed by atoms with Gasteiger partial charge in [0.1, 0.15) is 11.8 Å². The average Bonchev–Trinajstić information content (AvgIpc) is 3.00. The molecule has 1 saturated carbocycles. The van der Waals surface area contributed by atoms with Gasteiger partial charge in [-0.15, -0.1) is 0 Å². The zero-order chi connectivity index (χ0) is 29.5. The Morgan fingerprint density at radius 1 is 0.929 bits per heavy atom. The third kappa shape index (κ3) is 7.66. The molecule has 0 spiro atoms. The Bertz CT molecular complexity index is 1540. The Hall–Kier alpha value is -3.06. The number of carbonyl (C=O) groups excluding carboxylic acids is 2. The Kier molecular flexibility index (Phi) is 10.4. The van der Waals surface area contributed by atoms with Gasteiger partial charge in [-0.1, -0.05) is 109 Å². The van der Waals surface area contributed by atoms with Crippen LogP contribution < -0.4 is 10.1 Å². The second kappa shape index (κ2) is 14.4. The van der Waals surface area contributed by atoms with Gasteiger partial charge in [-0.3, -0.25) is 9.59 Å². The lowest BCUT2D eigenvalue weighted by atomic mass is 9.94. The first-order valence-corrected chi connectivity index (χ1v) is 15.8. The monoisotopic (exact) mass is 666 g/mol. The van der Waals surface area contributed by atoms with E-state index in [4.69, 9.17) is 27.9 Å². The van der Waals surface area contributed by atoms with E-state index in [-0.39, 0.29) is 31.0 Å². The van der Waals surface area contributed by atoms with Crippen molar-refractivity contribution >= 4 is 61.7 Å². The predicted octanol–water partition coefficient (Wildman–Crippen LogP) is 8.38. The maximum atomic E-state index is 14.0. The van der Waals surface area contributed by atoms with E-state index in [2.05, 4.69) is 21.2 Å². The molecule has 0 heterocycles. The van der Waals surface area contributed by atoms with Gasteiger partial charge in [-0.2, -0.15) is 0 Å². The molecule has 0 bridgehead atoms. The molecule has 0 radical (unpaired) electrons. The number of fused-ring (bicyclic) bond motifs is 1. The van der Waals surface area contributed by atoms with Crippen molar-refractivity contribution in [3.05, 3.63) is 111 Å². The Labute approximate surface area is 265 Å². The van der Waals surface area contributed by atoms with Crippen LogP contribution in [0.4, 0.5) is 0 Å². The first-order chi connectivity index (χ1) is 20.4. The molecule has 1 unspecified atom stereocenters. The number of ether oxygens (including phenoxy) is 1. The van der Waals surface area contributed by atoms with Crippen molar-refractivity contribution in [3.8, 4) is 5.75 Å². The zero-order valence-electron chi connectivity index (χ0n) is 23.2. The molecule has 1 aliphatic rings. The van der Waals surface area contributed by atoms with Crippen molar-refractivity contribution < 1.29 is 14.3 Å². The van der Waals surface area contributed by atoms with Crippen LogP contribution in [0.15, 0.2) is 89.4 Å². The summed E-state index contributed by atoms with van der Waals surface area (Å²) in [5.74, 6) is 0.0645. The number of nitrogens with zero attached hydrogens (tertiary/aromatic N) is 1. The number of rotatable bonds is 10. The second-order valence-electron chi connectivity index (χ2n) is 10.7. The molecule has 218 valence electrons. The molecule has 4 aromatic carbocycles. The average molecular weight is 668 g/mol. The molecule has 2 amide bonds. The number of hydrogen-bond donors (Lipinski definition) is 1. The molecule has 5 nitrogen and oxygen atoms in total. The SMILES string of the molecule is O=C(NC1CCCCC1)C(Cc1ccccc1)N(Cc1ccc(Cl)cc1Cl)C(=O)COc1ccc2ccccc2c1Br. The van der Waals surface area contributed by atoms with E-state index in [9.17, 15) is 9.59 Å². The zero-order valence-corrected chi connectivity index (χ0v) is 26.3. The summed E-state index contributed by atoms with van der Waals surface area (Å²) in [4.78, 5) is 29.6. The van der Waals surface area contributed by atoms with Crippen molar-refractivity contribution in [1.82, 2.24) is 10.2 Å². The lowest BCUT2D eigenvalue weighted by Crippen LogP contribution is -2.53. The fraction of sp³-hybridized carbons (Fsp3) is 0.294. The maximum absolute atomic E-state index is 14.0. The lowest BCUT2D eigenvalue weighted by molar-refractivity contribution is -0.143. The molecule has 0 saturated heterocycles. The van der Waals surface area contributed by atoms with Gasteiger partial charge < -0.3 is 15.0 Å². The topological polar surface area (TPSA) is 58.6 Å². The third-order valence-corrected chi connectivity index (χ3v) is 9.16. The van der Waals surface area contributed by atoms with Crippen molar-refractivity contribution in [2.24, 2.45) is 0 Å². The normalized spacial score (nSPS) is 14.4. The van der Waals surface area contributed by atoms with Crippen LogP contribution in [0.1, 0.15) is 43.2 Å². The predicted molar refractivity (Wildman–Crippen MR) is 173 cm³/mol. The summed E-state index contributed by atoms with van der Waals surface area (Å²) >= 11 is 16.4. The highest BCUT2D eigenvalue weighted by Crippen LogP contribution is 2.33. The van der Waals surface area contributed by atoms with Crippen LogP contribution in [0.25, 0.3) is 10.8 Å². The highest BCUT2D eigenvalue weighted by atomic mass is 79.9. The van der Waals surface area contributed by atoms with Gasteiger partial charge in [0.05, 0.1) is 4.47 Å². The Morgan fingerprint density at radius 2 is 1.67 bits per heavy atom. The number of nitrogens with one attached hydrogen (secondary N) is 1. The molecule has 0 aliphatic heterocycles. The van der Waals surface area contributed by atoms with E-state index in [1.807, 2.05) is 66.7 Å². The second-order valence-corrected chi connectivity index (χ2v) is 12.3. The molecule has 0 aromatic heterocycles. The smallest absolute Gasteiger partial charge is 0.261 e. The highest BCUT2D eigenvalue weighted by molar-refractivity contribution is 9.10. The van der Waals surface area contributed by atoms with E-state index >= 15 is 0 Å². The summed E-state index contributed by atoms with van der Waals surface area (Å²) in [6.07, 6.45) is 5.61. The largest absolute Gasteiger partial charge is 0.483 e. The first-order valence-electron chi connectivity index (χ1n) is 14.3. The van der Waals surface area contributed by atoms with Crippen LogP contribution in [0.3, 0.4) is 0 Å². The van der Waals surface area contributed by atoms with Gasteiger partial charge in [-0.25, -0.2) is 0 Å². The summed E-state index contributed by atoms with van der Waals surface area (Å²) in [5.41, 5.74) is 1.66. The molecule has 1 atom stereocenters. The summed E-state index contributed by atoms with van der Waals surface area (Å²) < 4.78 is 6.86. The van der Waals surface area contributed by atoms with Gasteiger partial charge >= 0.3 is 0 Å². The van der Waals surface area contributed by atoms with Crippen LogP contribution >= 0.6 is 39.1 Å². The summed E-state index contributed by atoms with van der Waals surface area (Å²) in [5, 5.41) is 6.24. The van der Waals surface area contributed by atoms with Crippen LogP contribution in [0.5, 0.6) is 5.75 Å². The number of hydrogen-bond acceptors (Lipinski definition) is 3. The van der Waals surface area contributed by atoms with Gasteiger partial charge in [0.25, 0.3) is 5.91 Å². The molecular formula is C34H33BrCl2N2O3. The van der Waals surface area contributed by atoms with Crippen molar-refractivity contribution in [2.75, 3.05) is 6.61 Å². The van der Waals surface area contributed by atoms with Gasteiger partial charge in [0, 0.05) is 29.1 Å². The Balaban J connectivity index is 1.45. The van der Waals surface area contributed by atoms with Crippen molar-refractivity contribution in [1.29, 1.82) is 0 Å². The molecule has 42 heavy (non-hydrogen) atoms. The van der Waals surface area contributed by atoms with Crippen molar-refractivity contribution in [3.63, 3.8) is 0 Å². The van der Waals surface area contributed by atoms with Crippen LogP contribution in [0.2, 0.25) is 10.0 Å². The van der Waals surface area contributed by atoms with Gasteiger partial charge in [-0.05, 0) is 68.9 Å². The minimum absolute atomic E-state index is 0.102. The van der Waals surface area contributed by atoms with E-state index < -0.39 is 6.04 Å². The summed E-state index contributed by atoms with van der Waals surface area (Å²) in [7, 11) is 0. The standard InChI is InChI=1S/C34H33BrCl2N2O3/c35-33-28-14-8-7-11-24(28)16-18-31(33)42-22-32(40)39(21-25-15-17-26(36)20-29(25)37)30(19-23-9-3-1-4-10-23)34(41)38-27-12-5-2-6-13-27/h1,3-4,7-11,14-18,20,27,30H,2,5-6,12-13,19,21-22H2,(H,38,41). The molecule has 4 aromatic rings. The molecule has 1 aliphatic carbocycles. The lowest BCUT2D eigenvalue weighted by Gasteiger charge is -2.33. The van der Waals surface area contributed by atoms with E-state index in [1.54, 1.807) is 23.1 Å². The van der Waals surface area contributed by atoms with Gasteiger partial charge in [0.15, 0.2) is 6.61 Å². The molecular weight excluding hydrogens is 635 g/mol. The summed E-state index contributed by atoms with van der Waals surface area (Å²) in [6.45, 7) is -0.114. The minimum Gasteiger partial charge on any atom is -0.483 e. The molecule has 5 rings (SSSR count). The van der Waals surface area contributed by atoms with Crippen molar-refractivity contribution in [2.45, 2.75) is 57.2 Å². The number of benzene rings is 4. The fourth-order valence-corrected chi connectivity index (χ4v) is 6.56.